The van der Waals surface area contributed by atoms with Crippen LogP contribution in [0.5, 0.6) is 5.75 Å². The van der Waals surface area contributed by atoms with Crippen LogP contribution >= 0.6 is 0 Å². The second-order valence-electron chi connectivity index (χ2n) is 10.1. The Morgan fingerprint density at radius 1 is 1.08 bits per heavy atom. The van der Waals surface area contributed by atoms with Gasteiger partial charge in [-0.25, -0.2) is 9.59 Å². The maximum atomic E-state index is 11.0. The Balaban J connectivity index is 0.000000183. The third kappa shape index (κ3) is 6.69. The Hall–Kier alpha value is -4.06. The van der Waals surface area contributed by atoms with Gasteiger partial charge in [0.1, 0.15) is 11.9 Å². The molecule has 2 fully saturated rings. The van der Waals surface area contributed by atoms with Crippen LogP contribution in [0.15, 0.2) is 42.5 Å². The summed E-state index contributed by atoms with van der Waals surface area (Å²) in [7, 11) is 3.76. The van der Waals surface area contributed by atoms with Gasteiger partial charge in [-0.2, -0.15) is 0 Å². The molecule has 2 aliphatic heterocycles. The number of nitrogens with zero attached hydrogens (tertiary/aromatic N) is 4. The molecule has 3 aliphatic rings. The first-order chi connectivity index (χ1) is 18.7. The molecule has 3 atom stereocenters. The number of carbonyl (C=O) groups excluding carboxylic acids is 1. The number of rotatable bonds is 4. The summed E-state index contributed by atoms with van der Waals surface area (Å²) in [5, 5.41) is 19.4. The number of hydrogen-bond acceptors (Lipinski definition) is 8. The number of benzene rings is 2. The van der Waals surface area contributed by atoms with Crippen molar-refractivity contribution < 1.29 is 29.1 Å². The fraction of sp³-hybridized carbons (Fsp3) is 0.481. The van der Waals surface area contributed by atoms with Gasteiger partial charge in [-0.1, -0.05) is 12.1 Å². The lowest BCUT2D eigenvalue weighted by Gasteiger charge is -2.45. The maximum absolute atomic E-state index is 11.0. The first-order valence-corrected chi connectivity index (χ1v) is 12.9. The zero-order valence-electron chi connectivity index (χ0n) is 22.2. The first-order valence-electron chi connectivity index (χ1n) is 12.9. The lowest BCUT2D eigenvalue weighted by atomic mass is 9.74. The number of nitrogens with two attached hydrogens (primary N) is 1. The monoisotopic (exact) mass is 541 g/mol. The van der Waals surface area contributed by atoms with Crippen LogP contribution in [0.4, 0.5) is 21.0 Å². The van der Waals surface area contributed by atoms with Crippen LogP contribution in [-0.4, -0.2) is 91.0 Å². The summed E-state index contributed by atoms with van der Waals surface area (Å²) < 4.78 is 10.5. The third-order valence-electron chi connectivity index (χ3n) is 7.80. The van der Waals surface area contributed by atoms with E-state index in [1.54, 1.807) is 24.1 Å². The molecule has 0 spiro atoms. The molecule has 2 saturated heterocycles. The average Bonchev–Trinajstić information content (AvgIpc) is 2.92. The van der Waals surface area contributed by atoms with Crippen molar-refractivity contribution in [3.63, 3.8) is 0 Å². The standard InChI is InChI=1S/C16H21NO4.C11H14N4O3/c1-17-9-12(21-16(18)19)6-11-7-13-10(8-14(11)17)4-3-5-15(13)20-2;12-11(16)14-7-5-13(6-8-14)9-1-3-10(4-2-9)15(17)18/h3-5,11-12,14H,6-9H2,1-2H3,(H,18,19);1-4H,5-8H2,(H2,12,16)/t11-,12+,14+;/m0./s1. The lowest BCUT2D eigenvalue weighted by Crippen LogP contribution is -2.52. The lowest BCUT2D eigenvalue weighted by molar-refractivity contribution is -0.384. The molecule has 0 radical (unpaired) electrons. The van der Waals surface area contributed by atoms with Crippen molar-refractivity contribution in [2.24, 2.45) is 11.7 Å². The summed E-state index contributed by atoms with van der Waals surface area (Å²) in [6.45, 7) is 3.19. The number of primary amides is 1. The van der Waals surface area contributed by atoms with Crippen molar-refractivity contribution >= 4 is 23.6 Å². The molecule has 0 unspecified atom stereocenters. The number of piperidine rings is 1. The SMILES string of the molecule is COc1cccc2c1C[C@@H]1C[C@@H](OC(=O)O)CN(C)[C@@H]1C2.NC(=O)N1CCN(c2ccc([N+](=O)[O-])cc2)CC1. The maximum Gasteiger partial charge on any atom is 0.506 e. The number of fused-ring (bicyclic) bond motifs is 2. The van der Waals surface area contributed by atoms with E-state index in [4.69, 9.17) is 20.3 Å². The van der Waals surface area contributed by atoms with Gasteiger partial charge in [0.2, 0.25) is 0 Å². The fourth-order valence-electron chi connectivity index (χ4n) is 5.84. The molecule has 0 bridgehead atoms. The van der Waals surface area contributed by atoms with Crippen molar-refractivity contribution in [2.75, 3.05) is 51.8 Å². The number of nitro benzene ring substituents is 1. The van der Waals surface area contributed by atoms with E-state index in [9.17, 15) is 19.7 Å². The topological polar surface area (TPSA) is 152 Å². The number of non-ortho nitro benzene ring substituents is 1. The summed E-state index contributed by atoms with van der Waals surface area (Å²) in [6, 6.07) is 12.7. The molecule has 5 rings (SSSR count). The van der Waals surface area contributed by atoms with Crippen molar-refractivity contribution in [1.29, 1.82) is 0 Å². The van der Waals surface area contributed by atoms with Crippen LogP contribution in [0.25, 0.3) is 0 Å². The van der Waals surface area contributed by atoms with Crippen molar-refractivity contribution in [2.45, 2.75) is 31.4 Å². The zero-order valence-corrected chi connectivity index (χ0v) is 22.2. The normalized spacial score (nSPS) is 22.5. The number of anilines is 1. The van der Waals surface area contributed by atoms with Crippen molar-refractivity contribution in [3.05, 3.63) is 63.7 Å². The minimum absolute atomic E-state index is 0.0783. The molecule has 2 amide bonds. The minimum atomic E-state index is -1.18. The number of urea groups is 1. The van der Waals surface area contributed by atoms with Crippen LogP contribution in [-0.2, 0) is 17.6 Å². The summed E-state index contributed by atoms with van der Waals surface area (Å²) in [5.41, 5.74) is 8.81. The van der Waals surface area contributed by atoms with Gasteiger partial charge in [0, 0.05) is 56.6 Å². The summed E-state index contributed by atoms with van der Waals surface area (Å²) in [6.07, 6.45) is 1.30. The smallest absolute Gasteiger partial charge is 0.496 e. The highest BCUT2D eigenvalue weighted by Gasteiger charge is 2.39. The van der Waals surface area contributed by atoms with E-state index in [0.29, 0.717) is 44.7 Å². The van der Waals surface area contributed by atoms with Gasteiger partial charge < -0.3 is 30.1 Å². The van der Waals surface area contributed by atoms with E-state index in [1.165, 1.54) is 23.3 Å². The first kappa shape index (κ1) is 28.0. The molecule has 1 aliphatic carbocycles. The number of piperazine rings is 1. The van der Waals surface area contributed by atoms with Crippen LogP contribution in [0.2, 0.25) is 0 Å². The highest BCUT2D eigenvalue weighted by molar-refractivity contribution is 5.72. The molecule has 0 aromatic heterocycles. The zero-order chi connectivity index (χ0) is 28.1. The highest BCUT2D eigenvalue weighted by atomic mass is 16.7. The molecule has 0 saturated carbocycles. The Labute approximate surface area is 227 Å². The van der Waals surface area contributed by atoms with E-state index in [0.717, 1.165) is 30.7 Å². The van der Waals surface area contributed by atoms with Gasteiger partial charge in [0.25, 0.3) is 5.69 Å². The second-order valence-corrected chi connectivity index (χ2v) is 10.1. The van der Waals surface area contributed by atoms with Crippen LogP contribution in [0, 0.1) is 16.0 Å². The molecular formula is C27H35N5O7. The van der Waals surface area contributed by atoms with Crippen LogP contribution < -0.4 is 15.4 Å². The minimum Gasteiger partial charge on any atom is -0.496 e. The van der Waals surface area contributed by atoms with Crippen LogP contribution in [0.1, 0.15) is 17.5 Å². The summed E-state index contributed by atoms with van der Waals surface area (Å²) in [5.74, 6) is 1.35. The van der Waals surface area contributed by atoms with Gasteiger partial charge in [0.15, 0.2) is 0 Å². The molecule has 12 nitrogen and oxygen atoms in total. The van der Waals surface area contributed by atoms with Gasteiger partial charge in [0.05, 0.1) is 12.0 Å². The molecule has 3 N–H and O–H groups in total. The van der Waals surface area contributed by atoms with E-state index in [-0.39, 0.29) is 11.8 Å². The fourth-order valence-corrected chi connectivity index (χ4v) is 5.84. The quantitative estimate of drug-likeness (QED) is 0.338. The molecule has 210 valence electrons. The van der Waals surface area contributed by atoms with E-state index >= 15 is 0 Å². The average molecular weight is 542 g/mol. The number of methoxy groups -OCH3 is 1. The van der Waals surface area contributed by atoms with E-state index in [1.807, 2.05) is 12.1 Å². The van der Waals surface area contributed by atoms with Crippen molar-refractivity contribution in [1.82, 2.24) is 9.80 Å². The number of ether oxygens (including phenoxy) is 2. The molecule has 12 heteroatoms. The number of carboxylic acid groups (broad SMARTS) is 1. The predicted octanol–water partition coefficient (Wildman–Crippen LogP) is 2.97. The van der Waals surface area contributed by atoms with Gasteiger partial charge in [-0.15, -0.1) is 0 Å². The highest BCUT2D eigenvalue weighted by Crippen LogP contribution is 2.38. The Kier molecular flexibility index (Phi) is 8.75. The molecule has 39 heavy (non-hydrogen) atoms. The van der Waals surface area contributed by atoms with Crippen LogP contribution in [0.3, 0.4) is 0 Å². The van der Waals surface area contributed by atoms with Crippen molar-refractivity contribution in [3.8, 4) is 5.75 Å². The number of hydrogen-bond donors (Lipinski definition) is 2. The number of carbonyl (C=O) groups is 2. The number of likely N-dealkylation sites (tertiary alicyclic amines) is 1. The number of likely N-dealkylation sites (N-methyl/N-ethyl adjacent to an activating group) is 1. The third-order valence-corrected chi connectivity index (χ3v) is 7.80. The van der Waals surface area contributed by atoms with Gasteiger partial charge in [-0.3, -0.25) is 15.0 Å². The summed E-state index contributed by atoms with van der Waals surface area (Å²) >= 11 is 0. The number of amides is 2. The largest absolute Gasteiger partial charge is 0.506 e. The second kappa shape index (κ2) is 12.2. The Morgan fingerprint density at radius 2 is 1.77 bits per heavy atom. The molecule has 2 aromatic carbocycles. The van der Waals surface area contributed by atoms with E-state index in [2.05, 4.69) is 22.9 Å². The predicted molar refractivity (Wildman–Crippen MR) is 144 cm³/mol. The van der Waals surface area contributed by atoms with Gasteiger partial charge in [-0.05, 0) is 61.6 Å². The summed E-state index contributed by atoms with van der Waals surface area (Å²) in [4.78, 5) is 37.8. The Bertz CT molecular complexity index is 1180. The number of nitro groups is 1. The van der Waals surface area contributed by atoms with E-state index < -0.39 is 17.1 Å². The molecule has 2 heterocycles. The molecular weight excluding hydrogens is 506 g/mol. The molecule has 2 aromatic rings. The van der Waals surface area contributed by atoms with Gasteiger partial charge >= 0.3 is 12.2 Å². The Morgan fingerprint density at radius 3 is 2.36 bits per heavy atom.